The van der Waals surface area contributed by atoms with E-state index in [4.69, 9.17) is 0 Å². The van der Waals surface area contributed by atoms with E-state index in [0.717, 1.165) is 22.3 Å². The Morgan fingerprint density at radius 3 is 1.62 bits per heavy atom. The van der Waals surface area contributed by atoms with Gasteiger partial charge in [0.25, 0.3) is 26.0 Å². The molecule has 40 heavy (non-hydrogen) atoms. The summed E-state index contributed by atoms with van der Waals surface area (Å²) in [6.45, 7) is 9.03. The zero-order chi connectivity index (χ0) is 29.2. The second kappa shape index (κ2) is 11.1. The van der Waals surface area contributed by atoms with Gasteiger partial charge < -0.3 is 5.32 Å². The average molecular weight is 578 g/mol. The van der Waals surface area contributed by atoms with Gasteiger partial charge in [0.05, 0.1) is 21.2 Å². The molecule has 4 aromatic carbocycles. The Kier molecular flexibility index (Phi) is 8.04. The second-order valence-corrected chi connectivity index (χ2v) is 13.1. The van der Waals surface area contributed by atoms with Gasteiger partial charge in [0.2, 0.25) is 0 Å². The molecule has 4 rings (SSSR count). The lowest BCUT2D eigenvalue weighted by atomic mass is 10.1. The number of carbonyl (C=O) groups excluding carboxylic acids is 1. The van der Waals surface area contributed by atoms with Crippen LogP contribution in [0.5, 0.6) is 0 Å². The molecule has 0 unspecified atom stereocenters. The van der Waals surface area contributed by atoms with Crippen molar-refractivity contribution in [2.45, 2.75) is 44.4 Å². The number of anilines is 3. The first-order valence-electron chi connectivity index (χ1n) is 12.5. The topological polar surface area (TPSA) is 121 Å². The fourth-order valence-electron chi connectivity index (χ4n) is 4.05. The highest BCUT2D eigenvalue weighted by atomic mass is 32.2. The number of rotatable bonds is 8. The molecule has 0 saturated heterocycles. The van der Waals surface area contributed by atoms with Crippen molar-refractivity contribution in [1.29, 1.82) is 0 Å². The van der Waals surface area contributed by atoms with Gasteiger partial charge in [-0.3, -0.25) is 14.2 Å². The van der Waals surface area contributed by atoms with Gasteiger partial charge in [-0.05, 0) is 111 Å². The SMILES string of the molecule is Cc1ccc(C)c(NS(=O)(=O)c2ccc(NC(=O)c3ccc(C)c(S(=O)(=O)Nc4cc(C)ccc4C)c3)cc2)c1. The largest absolute Gasteiger partial charge is 0.322 e. The van der Waals surface area contributed by atoms with Crippen LogP contribution in [0.3, 0.4) is 0 Å². The molecule has 0 aliphatic carbocycles. The van der Waals surface area contributed by atoms with Crippen LogP contribution >= 0.6 is 0 Å². The smallest absolute Gasteiger partial charge is 0.262 e. The molecule has 0 bridgehead atoms. The second-order valence-electron chi connectivity index (χ2n) is 9.81. The van der Waals surface area contributed by atoms with E-state index in [1.54, 1.807) is 25.1 Å². The number of hydrogen-bond donors (Lipinski definition) is 3. The summed E-state index contributed by atoms with van der Waals surface area (Å²) in [6, 6.07) is 21.1. The Morgan fingerprint density at radius 2 is 1.07 bits per heavy atom. The van der Waals surface area contributed by atoms with Crippen molar-refractivity contribution in [3.05, 3.63) is 112 Å². The van der Waals surface area contributed by atoms with Crippen LogP contribution in [0.4, 0.5) is 17.1 Å². The summed E-state index contributed by atoms with van der Waals surface area (Å²) < 4.78 is 57.4. The first-order chi connectivity index (χ1) is 18.7. The van der Waals surface area contributed by atoms with Gasteiger partial charge >= 0.3 is 0 Å². The Morgan fingerprint density at radius 1 is 0.575 bits per heavy atom. The highest BCUT2D eigenvalue weighted by Crippen LogP contribution is 2.25. The lowest BCUT2D eigenvalue weighted by molar-refractivity contribution is 0.102. The van der Waals surface area contributed by atoms with E-state index in [1.165, 1.54) is 36.4 Å². The predicted molar refractivity (Wildman–Crippen MR) is 159 cm³/mol. The van der Waals surface area contributed by atoms with Gasteiger partial charge in [-0.1, -0.05) is 30.3 Å². The van der Waals surface area contributed by atoms with E-state index >= 15 is 0 Å². The number of amides is 1. The summed E-state index contributed by atoms with van der Waals surface area (Å²) in [6.07, 6.45) is 0. The van der Waals surface area contributed by atoms with E-state index < -0.39 is 26.0 Å². The lowest BCUT2D eigenvalue weighted by Crippen LogP contribution is -2.18. The molecule has 0 atom stereocenters. The maximum Gasteiger partial charge on any atom is 0.262 e. The van der Waals surface area contributed by atoms with Gasteiger partial charge in [-0.25, -0.2) is 16.8 Å². The maximum absolute atomic E-state index is 13.2. The van der Waals surface area contributed by atoms with Crippen molar-refractivity contribution in [1.82, 2.24) is 0 Å². The molecule has 4 aromatic rings. The highest BCUT2D eigenvalue weighted by Gasteiger charge is 2.21. The molecule has 0 heterocycles. The van der Waals surface area contributed by atoms with E-state index in [0.29, 0.717) is 22.6 Å². The Balaban J connectivity index is 1.52. The summed E-state index contributed by atoms with van der Waals surface area (Å²) in [5.74, 6) is -0.535. The molecule has 1 amide bonds. The summed E-state index contributed by atoms with van der Waals surface area (Å²) in [5.41, 5.74) is 5.35. The summed E-state index contributed by atoms with van der Waals surface area (Å²) in [4.78, 5) is 13.0. The molecule has 3 N–H and O–H groups in total. The van der Waals surface area contributed by atoms with E-state index in [9.17, 15) is 21.6 Å². The van der Waals surface area contributed by atoms with Crippen molar-refractivity contribution in [3.63, 3.8) is 0 Å². The van der Waals surface area contributed by atoms with E-state index in [2.05, 4.69) is 14.8 Å². The minimum atomic E-state index is -3.97. The van der Waals surface area contributed by atoms with Crippen molar-refractivity contribution < 1.29 is 21.6 Å². The van der Waals surface area contributed by atoms with E-state index in [-0.39, 0.29) is 15.4 Å². The van der Waals surface area contributed by atoms with Gasteiger partial charge in [0.15, 0.2) is 0 Å². The van der Waals surface area contributed by atoms with Crippen molar-refractivity contribution in [2.75, 3.05) is 14.8 Å². The molecule has 0 fully saturated rings. The van der Waals surface area contributed by atoms with Gasteiger partial charge in [-0.2, -0.15) is 0 Å². The molecule has 0 spiro atoms. The minimum absolute atomic E-state index is 0.0139. The zero-order valence-electron chi connectivity index (χ0n) is 22.9. The van der Waals surface area contributed by atoms with Gasteiger partial charge in [0.1, 0.15) is 0 Å². The molecule has 0 saturated carbocycles. The van der Waals surface area contributed by atoms with Crippen LogP contribution < -0.4 is 14.8 Å². The standard InChI is InChI=1S/C30H31N3O5S2/c1-19-6-8-21(3)27(16-19)32-39(35,36)26-14-12-25(13-15-26)31-30(34)24-11-10-23(5)29(18-24)40(37,38)33-28-17-20(2)7-9-22(28)4/h6-18,32-33H,1-5H3,(H,31,34). The number of aryl methyl sites for hydroxylation is 5. The molecule has 10 heteroatoms. The predicted octanol–water partition coefficient (Wildman–Crippen LogP) is 6.08. The van der Waals surface area contributed by atoms with Crippen LogP contribution in [0.2, 0.25) is 0 Å². The van der Waals surface area contributed by atoms with Crippen molar-refractivity contribution in [2.24, 2.45) is 0 Å². The van der Waals surface area contributed by atoms with E-state index in [1.807, 2.05) is 52.0 Å². The fourth-order valence-corrected chi connectivity index (χ4v) is 6.56. The number of sulfonamides is 2. The molecule has 0 radical (unpaired) electrons. The third-order valence-corrected chi connectivity index (χ3v) is 9.33. The number of benzene rings is 4. The monoisotopic (exact) mass is 577 g/mol. The van der Waals surface area contributed by atoms with Crippen LogP contribution in [0, 0.1) is 34.6 Å². The van der Waals surface area contributed by atoms with Crippen LogP contribution in [0.15, 0.2) is 88.7 Å². The van der Waals surface area contributed by atoms with Gasteiger partial charge in [0, 0.05) is 11.3 Å². The fraction of sp³-hybridized carbons (Fsp3) is 0.167. The quantitative estimate of drug-likeness (QED) is 0.234. The minimum Gasteiger partial charge on any atom is -0.322 e. The first-order valence-corrected chi connectivity index (χ1v) is 15.4. The number of hydrogen-bond acceptors (Lipinski definition) is 5. The Labute approximate surface area is 235 Å². The summed E-state index contributed by atoms with van der Waals surface area (Å²) in [5, 5.41) is 2.70. The third-order valence-electron chi connectivity index (χ3n) is 6.44. The van der Waals surface area contributed by atoms with Crippen LogP contribution in [-0.4, -0.2) is 22.7 Å². The number of nitrogens with one attached hydrogen (secondary N) is 3. The summed E-state index contributed by atoms with van der Waals surface area (Å²) >= 11 is 0. The maximum atomic E-state index is 13.2. The highest BCUT2D eigenvalue weighted by molar-refractivity contribution is 7.93. The molecule has 0 aliphatic heterocycles. The first kappa shape index (κ1) is 28.8. The molecular formula is C30H31N3O5S2. The molecule has 0 aromatic heterocycles. The van der Waals surface area contributed by atoms with Crippen molar-refractivity contribution >= 4 is 43.0 Å². The number of carbonyl (C=O) groups is 1. The third kappa shape index (κ3) is 6.52. The van der Waals surface area contributed by atoms with Gasteiger partial charge in [-0.15, -0.1) is 0 Å². The van der Waals surface area contributed by atoms with Crippen LogP contribution in [-0.2, 0) is 20.0 Å². The normalized spacial score (nSPS) is 11.6. The molecular weight excluding hydrogens is 546 g/mol. The van der Waals surface area contributed by atoms with Crippen molar-refractivity contribution in [3.8, 4) is 0 Å². The average Bonchev–Trinajstić information content (AvgIpc) is 2.88. The Hall–Kier alpha value is -4.15. The lowest BCUT2D eigenvalue weighted by Gasteiger charge is -2.14. The summed E-state index contributed by atoms with van der Waals surface area (Å²) in [7, 11) is -7.81. The van der Waals surface area contributed by atoms with Crippen LogP contribution in [0.1, 0.15) is 38.2 Å². The zero-order valence-corrected chi connectivity index (χ0v) is 24.5. The molecule has 208 valence electrons. The molecule has 0 aliphatic rings. The van der Waals surface area contributed by atoms with Crippen LogP contribution in [0.25, 0.3) is 0 Å². The molecule has 8 nitrogen and oxygen atoms in total. The Bertz CT molecular complexity index is 1820.